The molecule has 0 N–H and O–H groups in total. The lowest BCUT2D eigenvalue weighted by molar-refractivity contribution is -0.126. The number of nitriles is 1. The van der Waals surface area contributed by atoms with Crippen molar-refractivity contribution in [1.29, 1.82) is 5.26 Å². The maximum Gasteiger partial charge on any atom is 0.264 e. The average Bonchev–Trinajstić information content (AvgIpc) is 2.84. The summed E-state index contributed by atoms with van der Waals surface area (Å²) < 4.78 is 6.01. The molecular weight excluding hydrogens is 432 g/mol. The minimum Gasteiger partial charge on any atom is -0.487 e. The van der Waals surface area contributed by atoms with Crippen molar-refractivity contribution in [3.05, 3.63) is 94.0 Å². The number of rotatable bonds is 8. The van der Waals surface area contributed by atoms with E-state index in [1.807, 2.05) is 50.2 Å². The molecule has 0 atom stereocenters. The molecule has 0 aliphatic carbocycles. The van der Waals surface area contributed by atoms with Crippen LogP contribution in [0.4, 0.5) is 0 Å². The lowest BCUT2D eigenvalue weighted by atomic mass is 9.97. The van der Waals surface area contributed by atoms with Gasteiger partial charge in [-0.25, -0.2) is 0 Å². The van der Waals surface area contributed by atoms with Crippen LogP contribution in [0.2, 0.25) is 5.02 Å². The first kappa shape index (κ1) is 24.1. The highest BCUT2D eigenvalue weighted by atomic mass is 35.5. The first-order valence-electron chi connectivity index (χ1n) is 11.0. The number of carbonyl (C=O) groups excluding carboxylic acids is 1. The Hall–Kier alpha value is -3.55. The zero-order valence-electron chi connectivity index (χ0n) is 19.1. The quantitative estimate of drug-likeness (QED) is 0.280. The Bertz CT molecular complexity index is 1190. The molecule has 33 heavy (non-hydrogen) atoms. The molecule has 0 aliphatic heterocycles. The van der Waals surface area contributed by atoms with Crippen LogP contribution in [0.5, 0.6) is 5.75 Å². The van der Waals surface area contributed by atoms with E-state index in [9.17, 15) is 10.1 Å². The number of hydrogen-bond acceptors (Lipinski definition) is 3. The van der Waals surface area contributed by atoms with Crippen molar-refractivity contribution in [2.45, 2.75) is 27.4 Å². The van der Waals surface area contributed by atoms with Crippen molar-refractivity contribution >= 4 is 23.6 Å². The summed E-state index contributed by atoms with van der Waals surface area (Å²) >= 11 is 6.45. The summed E-state index contributed by atoms with van der Waals surface area (Å²) in [6, 6.07) is 23.7. The molecule has 0 unspecified atom stereocenters. The summed E-state index contributed by atoms with van der Waals surface area (Å²) in [7, 11) is 0. The van der Waals surface area contributed by atoms with Crippen molar-refractivity contribution in [1.82, 2.24) is 4.90 Å². The van der Waals surface area contributed by atoms with E-state index < -0.39 is 0 Å². The van der Waals surface area contributed by atoms with E-state index in [1.165, 1.54) is 11.1 Å². The van der Waals surface area contributed by atoms with Gasteiger partial charge in [0.05, 0.1) is 5.02 Å². The molecule has 0 aliphatic rings. The van der Waals surface area contributed by atoms with Crippen LogP contribution >= 0.6 is 11.6 Å². The van der Waals surface area contributed by atoms with Gasteiger partial charge in [0.15, 0.2) is 0 Å². The Balaban J connectivity index is 1.77. The van der Waals surface area contributed by atoms with Gasteiger partial charge in [-0.05, 0) is 66.8 Å². The number of ether oxygens (including phenoxy) is 1. The van der Waals surface area contributed by atoms with Crippen LogP contribution in [0.3, 0.4) is 0 Å². The first-order valence-corrected chi connectivity index (χ1v) is 11.3. The lowest BCUT2D eigenvalue weighted by Crippen LogP contribution is -2.31. The number of halogens is 1. The van der Waals surface area contributed by atoms with Crippen LogP contribution in [-0.4, -0.2) is 23.9 Å². The molecule has 0 heterocycles. The molecule has 0 spiro atoms. The fourth-order valence-electron chi connectivity index (χ4n) is 3.64. The van der Waals surface area contributed by atoms with E-state index in [1.54, 1.807) is 29.2 Å². The van der Waals surface area contributed by atoms with Crippen LogP contribution < -0.4 is 4.74 Å². The van der Waals surface area contributed by atoms with Crippen LogP contribution in [0.1, 0.15) is 30.5 Å². The third-order valence-electron chi connectivity index (χ3n) is 5.58. The van der Waals surface area contributed by atoms with Crippen molar-refractivity contribution in [2.75, 3.05) is 13.1 Å². The molecule has 0 aromatic heterocycles. The van der Waals surface area contributed by atoms with Crippen molar-refractivity contribution in [2.24, 2.45) is 0 Å². The Morgan fingerprint density at radius 2 is 1.79 bits per heavy atom. The second-order valence-electron chi connectivity index (χ2n) is 7.58. The summed E-state index contributed by atoms with van der Waals surface area (Å²) in [5.74, 6) is 0.264. The number of amides is 1. The molecule has 3 aromatic carbocycles. The number of nitrogens with zero attached hydrogens (tertiary/aromatic N) is 2. The highest BCUT2D eigenvalue weighted by Crippen LogP contribution is 2.30. The van der Waals surface area contributed by atoms with Crippen LogP contribution in [-0.2, 0) is 11.4 Å². The van der Waals surface area contributed by atoms with Crippen molar-refractivity contribution in [3.8, 4) is 22.9 Å². The zero-order valence-corrected chi connectivity index (χ0v) is 19.9. The van der Waals surface area contributed by atoms with Gasteiger partial charge in [0.2, 0.25) is 0 Å². The largest absolute Gasteiger partial charge is 0.487 e. The van der Waals surface area contributed by atoms with E-state index in [2.05, 4.69) is 25.1 Å². The summed E-state index contributed by atoms with van der Waals surface area (Å²) in [5, 5.41) is 9.86. The monoisotopic (exact) mass is 458 g/mol. The van der Waals surface area contributed by atoms with Gasteiger partial charge in [0, 0.05) is 13.1 Å². The minimum absolute atomic E-state index is 0.0804. The Morgan fingerprint density at radius 3 is 2.42 bits per heavy atom. The third-order valence-corrected chi connectivity index (χ3v) is 5.88. The van der Waals surface area contributed by atoms with Gasteiger partial charge in [0.1, 0.15) is 24.0 Å². The minimum atomic E-state index is -0.285. The first-order chi connectivity index (χ1) is 16.0. The summed E-state index contributed by atoms with van der Waals surface area (Å²) in [4.78, 5) is 14.1. The molecule has 0 bridgehead atoms. The van der Waals surface area contributed by atoms with Gasteiger partial charge < -0.3 is 9.64 Å². The predicted octanol–water partition coefficient (Wildman–Crippen LogP) is 6.67. The standard InChI is InChI=1S/C28H27ClN2O2/c1-4-31(5-2)28(32)24(18-30)16-21-14-15-27(26(29)17-21)33-19-23-12-9-13-25(20(23)3)22-10-7-6-8-11-22/h6-17H,4-5,19H2,1-3H3/b24-16+. The Morgan fingerprint density at radius 1 is 1.06 bits per heavy atom. The Kier molecular flexibility index (Phi) is 8.29. The van der Waals surface area contributed by atoms with Gasteiger partial charge >= 0.3 is 0 Å². The predicted molar refractivity (Wildman–Crippen MR) is 134 cm³/mol. The molecular formula is C28H27ClN2O2. The maximum atomic E-state index is 12.5. The molecule has 0 saturated heterocycles. The number of likely N-dealkylation sites (N-methyl/N-ethyl adjacent to an activating group) is 1. The summed E-state index contributed by atoms with van der Waals surface area (Å²) in [6.45, 7) is 7.34. The molecule has 3 aromatic rings. The highest BCUT2D eigenvalue weighted by molar-refractivity contribution is 6.32. The fourth-order valence-corrected chi connectivity index (χ4v) is 3.88. The van der Waals surface area contributed by atoms with Gasteiger partial charge in [-0.15, -0.1) is 0 Å². The number of benzene rings is 3. The van der Waals surface area contributed by atoms with Gasteiger partial charge in [-0.2, -0.15) is 5.26 Å². The molecule has 0 radical (unpaired) electrons. The van der Waals surface area contributed by atoms with Crippen molar-refractivity contribution < 1.29 is 9.53 Å². The number of carbonyl (C=O) groups is 1. The van der Waals surface area contributed by atoms with E-state index in [0.717, 1.165) is 11.1 Å². The van der Waals surface area contributed by atoms with Crippen LogP contribution in [0, 0.1) is 18.3 Å². The average molecular weight is 459 g/mol. The SMILES string of the molecule is CCN(CC)C(=O)/C(C#N)=C/c1ccc(OCc2cccc(-c3ccccc3)c2C)c(Cl)c1. The molecule has 3 rings (SSSR count). The molecule has 4 nitrogen and oxygen atoms in total. The Labute approximate surface area is 200 Å². The molecule has 1 amide bonds. The molecule has 0 fully saturated rings. The normalized spacial score (nSPS) is 11.1. The third kappa shape index (κ3) is 5.83. The highest BCUT2D eigenvalue weighted by Gasteiger charge is 2.15. The molecule has 0 saturated carbocycles. The smallest absolute Gasteiger partial charge is 0.264 e. The number of hydrogen-bond donors (Lipinski definition) is 0. The van der Waals surface area contributed by atoms with Crippen LogP contribution in [0.15, 0.2) is 72.3 Å². The fraction of sp³-hybridized carbons (Fsp3) is 0.214. The van der Waals surface area contributed by atoms with Gasteiger partial charge in [-0.3, -0.25) is 4.79 Å². The lowest BCUT2D eigenvalue weighted by Gasteiger charge is -2.17. The van der Waals surface area contributed by atoms with Crippen LogP contribution in [0.25, 0.3) is 17.2 Å². The van der Waals surface area contributed by atoms with E-state index in [-0.39, 0.29) is 11.5 Å². The summed E-state index contributed by atoms with van der Waals surface area (Å²) in [6.07, 6.45) is 1.56. The summed E-state index contributed by atoms with van der Waals surface area (Å²) in [5.41, 5.74) is 5.33. The van der Waals surface area contributed by atoms with E-state index in [0.29, 0.717) is 36.0 Å². The topological polar surface area (TPSA) is 53.3 Å². The van der Waals surface area contributed by atoms with Crippen molar-refractivity contribution in [3.63, 3.8) is 0 Å². The molecule has 168 valence electrons. The second kappa shape index (κ2) is 11.4. The zero-order chi connectivity index (χ0) is 23.8. The van der Waals surface area contributed by atoms with Gasteiger partial charge in [0.25, 0.3) is 5.91 Å². The maximum absolute atomic E-state index is 12.5. The van der Waals surface area contributed by atoms with Gasteiger partial charge in [-0.1, -0.05) is 66.2 Å². The van der Waals surface area contributed by atoms with E-state index >= 15 is 0 Å². The second-order valence-corrected chi connectivity index (χ2v) is 7.99. The van der Waals surface area contributed by atoms with E-state index in [4.69, 9.17) is 16.3 Å². The molecule has 5 heteroatoms.